The second-order valence-electron chi connectivity index (χ2n) is 5.68. The molecule has 0 saturated heterocycles. The smallest absolute Gasteiger partial charge is 0.347 e. The second kappa shape index (κ2) is 5.37. The van der Waals surface area contributed by atoms with Crippen LogP contribution < -0.4 is 0 Å². The molecular weight excluding hydrogens is 270 g/mol. The molecule has 2 rings (SSSR count). The second-order valence-corrected chi connectivity index (χ2v) is 6.68. The van der Waals surface area contributed by atoms with Crippen LogP contribution in [0.1, 0.15) is 59.5 Å². The van der Waals surface area contributed by atoms with Crippen molar-refractivity contribution in [3.63, 3.8) is 0 Å². The molecule has 0 atom stereocenters. The van der Waals surface area contributed by atoms with E-state index < -0.39 is 5.97 Å². The zero-order valence-corrected chi connectivity index (χ0v) is 13.0. The lowest BCUT2D eigenvalue weighted by molar-refractivity contribution is 0.0700. The number of thiazole rings is 1. The summed E-state index contributed by atoms with van der Waals surface area (Å²) in [5.74, 6) is -0.779. The summed E-state index contributed by atoms with van der Waals surface area (Å²) >= 11 is 1.29. The van der Waals surface area contributed by atoms with Gasteiger partial charge in [0.25, 0.3) is 0 Å². The Morgan fingerprint density at radius 1 is 1.25 bits per heavy atom. The van der Waals surface area contributed by atoms with Crippen molar-refractivity contribution < 1.29 is 9.90 Å². The standard InChI is InChI=1S/C16H19NO2S/c1-10(2)12-13(14(18)19)20-15(17-12)16(3,4)11-8-6-5-7-9-11/h5-10H,1-4H3,(H,18,19). The van der Waals surface area contributed by atoms with Crippen molar-refractivity contribution in [3.05, 3.63) is 51.5 Å². The van der Waals surface area contributed by atoms with Gasteiger partial charge in [-0.25, -0.2) is 9.78 Å². The Kier molecular flexibility index (Phi) is 3.95. The number of hydrogen-bond acceptors (Lipinski definition) is 3. The van der Waals surface area contributed by atoms with Crippen molar-refractivity contribution in [1.29, 1.82) is 0 Å². The van der Waals surface area contributed by atoms with Gasteiger partial charge in [0, 0.05) is 5.41 Å². The van der Waals surface area contributed by atoms with E-state index in [-0.39, 0.29) is 11.3 Å². The van der Waals surface area contributed by atoms with Crippen LogP contribution in [0.15, 0.2) is 30.3 Å². The minimum Gasteiger partial charge on any atom is -0.477 e. The number of hydrogen-bond donors (Lipinski definition) is 1. The Morgan fingerprint density at radius 2 is 1.85 bits per heavy atom. The summed E-state index contributed by atoms with van der Waals surface area (Å²) in [7, 11) is 0. The van der Waals surface area contributed by atoms with Gasteiger partial charge in [0.2, 0.25) is 0 Å². The highest BCUT2D eigenvalue weighted by Crippen LogP contribution is 2.37. The maximum absolute atomic E-state index is 11.4. The van der Waals surface area contributed by atoms with Gasteiger partial charge in [0.1, 0.15) is 9.88 Å². The fourth-order valence-electron chi connectivity index (χ4n) is 2.12. The van der Waals surface area contributed by atoms with Gasteiger partial charge in [-0.3, -0.25) is 0 Å². The van der Waals surface area contributed by atoms with Crippen LogP contribution in [0, 0.1) is 0 Å². The fraction of sp³-hybridized carbons (Fsp3) is 0.375. The molecule has 1 aromatic heterocycles. The first kappa shape index (κ1) is 14.7. The molecule has 0 saturated carbocycles. The number of aromatic carboxylic acids is 1. The normalized spacial score (nSPS) is 11.8. The van der Waals surface area contributed by atoms with Crippen molar-refractivity contribution in [2.24, 2.45) is 0 Å². The first-order valence-corrected chi connectivity index (χ1v) is 7.45. The van der Waals surface area contributed by atoms with Crippen LogP contribution in [-0.2, 0) is 5.41 Å². The minimum absolute atomic E-state index is 0.109. The molecule has 0 aliphatic heterocycles. The molecule has 0 aliphatic carbocycles. The van der Waals surface area contributed by atoms with Crippen molar-refractivity contribution in [1.82, 2.24) is 4.98 Å². The molecule has 0 bridgehead atoms. The lowest BCUT2D eigenvalue weighted by Gasteiger charge is -2.22. The fourth-order valence-corrected chi connectivity index (χ4v) is 3.31. The van der Waals surface area contributed by atoms with Crippen LogP contribution in [-0.4, -0.2) is 16.1 Å². The molecule has 0 aliphatic rings. The largest absolute Gasteiger partial charge is 0.477 e. The molecule has 1 heterocycles. The van der Waals surface area contributed by atoms with Crippen LogP contribution in [0.3, 0.4) is 0 Å². The quantitative estimate of drug-likeness (QED) is 0.913. The SMILES string of the molecule is CC(C)c1nc(C(C)(C)c2ccccc2)sc1C(=O)O. The molecule has 3 nitrogen and oxygen atoms in total. The number of benzene rings is 1. The average Bonchev–Trinajstić information content (AvgIpc) is 2.85. The third-order valence-electron chi connectivity index (χ3n) is 3.42. The number of carboxylic acid groups (broad SMARTS) is 1. The lowest BCUT2D eigenvalue weighted by Crippen LogP contribution is -2.18. The van der Waals surface area contributed by atoms with E-state index in [1.165, 1.54) is 11.3 Å². The Bertz CT molecular complexity index is 615. The average molecular weight is 289 g/mol. The van der Waals surface area contributed by atoms with E-state index in [1.807, 2.05) is 32.0 Å². The van der Waals surface area contributed by atoms with E-state index in [0.717, 1.165) is 10.6 Å². The molecule has 0 unspecified atom stereocenters. The summed E-state index contributed by atoms with van der Waals surface area (Å²) in [5, 5.41) is 10.2. The Hall–Kier alpha value is -1.68. The van der Waals surface area contributed by atoms with E-state index in [0.29, 0.717) is 10.6 Å². The van der Waals surface area contributed by atoms with Crippen molar-refractivity contribution in [2.45, 2.75) is 39.0 Å². The van der Waals surface area contributed by atoms with Crippen molar-refractivity contribution in [2.75, 3.05) is 0 Å². The number of carboxylic acids is 1. The zero-order chi connectivity index (χ0) is 14.9. The summed E-state index contributed by atoms with van der Waals surface area (Å²) in [6, 6.07) is 10.1. The predicted molar refractivity (Wildman–Crippen MR) is 81.7 cm³/mol. The first-order valence-electron chi connectivity index (χ1n) is 6.64. The van der Waals surface area contributed by atoms with Gasteiger partial charge in [-0.15, -0.1) is 11.3 Å². The monoisotopic (exact) mass is 289 g/mol. The maximum Gasteiger partial charge on any atom is 0.347 e. The summed E-state index contributed by atoms with van der Waals surface area (Å²) in [6.45, 7) is 8.11. The Labute approximate surface area is 123 Å². The number of aromatic nitrogens is 1. The maximum atomic E-state index is 11.4. The van der Waals surface area contributed by atoms with Crippen molar-refractivity contribution >= 4 is 17.3 Å². The molecule has 0 spiro atoms. The molecule has 0 radical (unpaired) electrons. The van der Waals surface area contributed by atoms with Gasteiger partial charge in [-0.2, -0.15) is 0 Å². The molecule has 0 amide bonds. The molecule has 2 aromatic rings. The third-order valence-corrected chi connectivity index (χ3v) is 4.81. The highest BCUT2D eigenvalue weighted by atomic mass is 32.1. The molecule has 4 heteroatoms. The van der Waals surface area contributed by atoms with E-state index in [4.69, 9.17) is 0 Å². The van der Waals surface area contributed by atoms with Gasteiger partial charge in [0.05, 0.1) is 5.69 Å². The Balaban J connectivity index is 2.53. The van der Waals surface area contributed by atoms with Crippen LogP contribution in [0.2, 0.25) is 0 Å². The molecule has 0 fully saturated rings. The summed E-state index contributed by atoms with van der Waals surface area (Å²) in [4.78, 5) is 16.4. The van der Waals surface area contributed by atoms with Gasteiger partial charge in [-0.1, -0.05) is 44.2 Å². The number of carbonyl (C=O) groups is 1. The summed E-state index contributed by atoms with van der Waals surface area (Å²) < 4.78 is 0. The summed E-state index contributed by atoms with van der Waals surface area (Å²) in [6.07, 6.45) is 0. The van der Waals surface area contributed by atoms with Gasteiger partial charge < -0.3 is 5.11 Å². The van der Waals surface area contributed by atoms with Crippen LogP contribution in [0.5, 0.6) is 0 Å². The van der Waals surface area contributed by atoms with Gasteiger partial charge in [-0.05, 0) is 25.3 Å². The molecule has 20 heavy (non-hydrogen) atoms. The molecule has 106 valence electrons. The predicted octanol–water partition coefficient (Wildman–Crippen LogP) is 4.29. The van der Waals surface area contributed by atoms with E-state index in [2.05, 4.69) is 31.0 Å². The van der Waals surface area contributed by atoms with Gasteiger partial charge in [0.15, 0.2) is 0 Å². The highest BCUT2D eigenvalue weighted by molar-refractivity contribution is 7.13. The number of nitrogens with zero attached hydrogens (tertiary/aromatic N) is 1. The van der Waals surface area contributed by atoms with Crippen LogP contribution in [0.25, 0.3) is 0 Å². The van der Waals surface area contributed by atoms with E-state index in [1.54, 1.807) is 0 Å². The van der Waals surface area contributed by atoms with Crippen molar-refractivity contribution in [3.8, 4) is 0 Å². The molecular formula is C16H19NO2S. The van der Waals surface area contributed by atoms with Gasteiger partial charge >= 0.3 is 5.97 Å². The topological polar surface area (TPSA) is 50.2 Å². The zero-order valence-electron chi connectivity index (χ0n) is 12.2. The van der Waals surface area contributed by atoms with E-state index in [9.17, 15) is 9.90 Å². The van der Waals surface area contributed by atoms with Crippen LogP contribution >= 0.6 is 11.3 Å². The van der Waals surface area contributed by atoms with Crippen LogP contribution in [0.4, 0.5) is 0 Å². The summed E-state index contributed by atoms with van der Waals surface area (Å²) in [5.41, 5.74) is 1.53. The van der Waals surface area contributed by atoms with E-state index >= 15 is 0 Å². The Morgan fingerprint density at radius 3 is 2.30 bits per heavy atom. The number of rotatable bonds is 4. The third kappa shape index (κ3) is 2.61. The lowest BCUT2D eigenvalue weighted by atomic mass is 9.85. The minimum atomic E-state index is -0.888. The highest BCUT2D eigenvalue weighted by Gasteiger charge is 2.30. The first-order chi connectivity index (χ1) is 9.34. The molecule has 1 N–H and O–H groups in total. The molecule has 1 aromatic carbocycles.